The van der Waals surface area contributed by atoms with Crippen LogP contribution in [0.5, 0.6) is 11.5 Å². The number of nitrogens with one attached hydrogen (secondary N) is 2. The minimum atomic E-state index is 0.0556. The van der Waals surface area contributed by atoms with Gasteiger partial charge in [0.1, 0.15) is 11.5 Å². The lowest BCUT2D eigenvalue weighted by molar-refractivity contribution is 0.464. The van der Waals surface area contributed by atoms with Gasteiger partial charge in [0.2, 0.25) is 0 Å². The largest absolute Gasteiger partial charge is 0.506 e. The number of aromatic hydroxyl groups is 2. The quantitative estimate of drug-likeness (QED) is 0.419. The Morgan fingerprint density at radius 2 is 0.909 bits per heavy atom. The highest BCUT2D eigenvalue weighted by atomic mass is 16.3. The van der Waals surface area contributed by atoms with Crippen molar-refractivity contribution in [3.63, 3.8) is 0 Å². The van der Waals surface area contributed by atoms with Crippen LogP contribution in [0.1, 0.15) is 0 Å². The summed E-state index contributed by atoms with van der Waals surface area (Å²) in [5, 5.41) is 26.4. The Labute approximate surface area is 128 Å². The molecular formula is C18H16N2O2. The zero-order valence-corrected chi connectivity index (χ0v) is 11.8. The molecule has 110 valence electrons. The molecule has 3 aromatic rings. The standard InChI is InChI=1S/C18H16N2O2/c21-17-12-16(20-14-9-5-2-6-10-14)18(22)11-15(17)19-13-7-3-1-4-8-13/h1-12,19-22H. The Bertz CT molecular complexity index is 692. The number of phenols is 2. The monoisotopic (exact) mass is 292 g/mol. The van der Waals surface area contributed by atoms with E-state index in [0.717, 1.165) is 11.4 Å². The minimum absolute atomic E-state index is 0.0556. The third kappa shape index (κ3) is 3.12. The fourth-order valence-electron chi connectivity index (χ4n) is 2.13. The summed E-state index contributed by atoms with van der Waals surface area (Å²) in [7, 11) is 0. The molecule has 0 aliphatic heterocycles. The van der Waals surface area contributed by atoms with Crippen LogP contribution in [0.25, 0.3) is 0 Å². The number of anilines is 4. The van der Waals surface area contributed by atoms with E-state index in [-0.39, 0.29) is 11.5 Å². The summed E-state index contributed by atoms with van der Waals surface area (Å²) in [6, 6.07) is 21.9. The molecule has 0 aromatic heterocycles. The number of hydrogen-bond acceptors (Lipinski definition) is 4. The Kier molecular flexibility index (Phi) is 3.83. The molecule has 22 heavy (non-hydrogen) atoms. The molecule has 0 aliphatic rings. The highest BCUT2D eigenvalue weighted by molar-refractivity contribution is 5.76. The predicted molar refractivity (Wildman–Crippen MR) is 89.2 cm³/mol. The summed E-state index contributed by atoms with van der Waals surface area (Å²) in [6.07, 6.45) is 0. The van der Waals surface area contributed by atoms with Crippen molar-refractivity contribution in [3.05, 3.63) is 72.8 Å². The normalized spacial score (nSPS) is 10.2. The molecule has 0 unspecified atom stereocenters. The summed E-state index contributed by atoms with van der Waals surface area (Å²) >= 11 is 0. The zero-order valence-electron chi connectivity index (χ0n) is 11.8. The Hall–Kier alpha value is -3.14. The van der Waals surface area contributed by atoms with E-state index in [1.165, 1.54) is 12.1 Å². The molecule has 3 aromatic carbocycles. The van der Waals surface area contributed by atoms with Crippen LogP contribution >= 0.6 is 0 Å². The second kappa shape index (κ2) is 6.10. The second-order valence-corrected chi connectivity index (χ2v) is 4.87. The first-order valence-electron chi connectivity index (χ1n) is 6.92. The minimum Gasteiger partial charge on any atom is -0.506 e. The van der Waals surface area contributed by atoms with Gasteiger partial charge in [-0.15, -0.1) is 0 Å². The molecule has 0 aliphatic carbocycles. The molecule has 4 nitrogen and oxygen atoms in total. The van der Waals surface area contributed by atoms with Crippen molar-refractivity contribution in [2.24, 2.45) is 0 Å². The number of hydrogen-bond donors (Lipinski definition) is 4. The van der Waals surface area contributed by atoms with Gasteiger partial charge in [-0.2, -0.15) is 0 Å². The molecule has 3 rings (SSSR count). The van der Waals surface area contributed by atoms with Crippen LogP contribution in [0, 0.1) is 0 Å². The lowest BCUT2D eigenvalue weighted by Crippen LogP contribution is -1.94. The van der Waals surface area contributed by atoms with E-state index in [1.807, 2.05) is 60.7 Å². The van der Waals surface area contributed by atoms with Gasteiger partial charge >= 0.3 is 0 Å². The highest BCUT2D eigenvalue weighted by Crippen LogP contribution is 2.37. The average Bonchev–Trinajstić information content (AvgIpc) is 2.54. The summed E-state index contributed by atoms with van der Waals surface area (Å²) < 4.78 is 0. The van der Waals surface area contributed by atoms with Gasteiger partial charge in [0.15, 0.2) is 0 Å². The number of rotatable bonds is 4. The van der Waals surface area contributed by atoms with Crippen molar-refractivity contribution < 1.29 is 10.2 Å². The maximum absolute atomic E-state index is 10.1. The molecule has 0 radical (unpaired) electrons. The summed E-state index contributed by atoms with van der Waals surface area (Å²) in [5.74, 6) is 0.111. The first kappa shape index (κ1) is 13.8. The van der Waals surface area contributed by atoms with Crippen LogP contribution < -0.4 is 10.6 Å². The molecule has 0 atom stereocenters. The topological polar surface area (TPSA) is 64.5 Å². The van der Waals surface area contributed by atoms with Gasteiger partial charge < -0.3 is 20.8 Å². The van der Waals surface area contributed by atoms with E-state index in [2.05, 4.69) is 10.6 Å². The van der Waals surface area contributed by atoms with Gasteiger partial charge in [0, 0.05) is 23.5 Å². The van der Waals surface area contributed by atoms with Crippen molar-refractivity contribution in [3.8, 4) is 11.5 Å². The summed E-state index contributed by atoms with van der Waals surface area (Å²) in [5.41, 5.74) is 2.56. The first-order valence-corrected chi connectivity index (χ1v) is 6.92. The molecule has 0 heterocycles. The average molecular weight is 292 g/mol. The van der Waals surface area contributed by atoms with Crippen LogP contribution in [0.15, 0.2) is 72.8 Å². The third-order valence-corrected chi connectivity index (χ3v) is 3.22. The third-order valence-electron chi connectivity index (χ3n) is 3.22. The van der Waals surface area contributed by atoms with E-state index in [9.17, 15) is 10.2 Å². The number of para-hydroxylation sites is 2. The van der Waals surface area contributed by atoms with Crippen molar-refractivity contribution >= 4 is 22.7 Å². The molecule has 0 bridgehead atoms. The van der Waals surface area contributed by atoms with E-state index in [1.54, 1.807) is 0 Å². The molecule has 0 amide bonds. The highest BCUT2D eigenvalue weighted by Gasteiger charge is 2.09. The Morgan fingerprint density at radius 3 is 1.27 bits per heavy atom. The van der Waals surface area contributed by atoms with Crippen LogP contribution in [-0.4, -0.2) is 10.2 Å². The van der Waals surface area contributed by atoms with Crippen molar-refractivity contribution in [1.29, 1.82) is 0 Å². The lowest BCUT2D eigenvalue weighted by Gasteiger charge is -2.13. The maximum Gasteiger partial charge on any atom is 0.141 e. The molecule has 0 fully saturated rings. The van der Waals surface area contributed by atoms with Crippen LogP contribution in [0.4, 0.5) is 22.7 Å². The molecule has 4 N–H and O–H groups in total. The summed E-state index contributed by atoms with van der Waals surface area (Å²) in [6.45, 7) is 0. The van der Waals surface area contributed by atoms with Gasteiger partial charge in [-0.1, -0.05) is 36.4 Å². The molecule has 4 heteroatoms. The van der Waals surface area contributed by atoms with Crippen molar-refractivity contribution in [2.75, 3.05) is 10.6 Å². The van der Waals surface area contributed by atoms with E-state index in [4.69, 9.17) is 0 Å². The van der Waals surface area contributed by atoms with Crippen LogP contribution in [-0.2, 0) is 0 Å². The van der Waals surface area contributed by atoms with Crippen molar-refractivity contribution in [1.82, 2.24) is 0 Å². The first-order chi connectivity index (χ1) is 10.7. The molecule has 0 saturated heterocycles. The smallest absolute Gasteiger partial charge is 0.141 e. The predicted octanol–water partition coefficient (Wildman–Crippen LogP) is 4.59. The Balaban J connectivity index is 1.85. The van der Waals surface area contributed by atoms with Crippen LogP contribution in [0.3, 0.4) is 0 Å². The second-order valence-electron chi connectivity index (χ2n) is 4.87. The Morgan fingerprint density at radius 1 is 0.545 bits per heavy atom. The molecular weight excluding hydrogens is 276 g/mol. The number of phenolic OH excluding ortho intramolecular Hbond substituents is 2. The zero-order chi connectivity index (χ0) is 15.4. The molecule has 0 saturated carbocycles. The van der Waals surface area contributed by atoms with Gasteiger partial charge in [-0.25, -0.2) is 0 Å². The van der Waals surface area contributed by atoms with Gasteiger partial charge in [0.05, 0.1) is 11.4 Å². The summed E-state index contributed by atoms with van der Waals surface area (Å²) in [4.78, 5) is 0. The van der Waals surface area contributed by atoms with Gasteiger partial charge in [-0.05, 0) is 24.3 Å². The fourth-order valence-corrected chi connectivity index (χ4v) is 2.13. The van der Waals surface area contributed by atoms with E-state index >= 15 is 0 Å². The maximum atomic E-state index is 10.1. The van der Waals surface area contributed by atoms with Gasteiger partial charge in [-0.3, -0.25) is 0 Å². The SMILES string of the molecule is Oc1cc(Nc2ccccc2)c(O)cc1Nc1ccccc1. The van der Waals surface area contributed by atoms with Crippen LogP contribution in [0.2, 0.25) is 0 Å². The fraction of sp³-hybridized carbons (Fsp3) is 0. The van der Waals surface area contributed by atoms with Gasteiger partial charge in [0.25, 0.3) is 0 Å². The van der Waals surface area contributed by atoms with E-state index in [0.29, 0.717) is 11.4 Å². The lowest BCUT2D eigenvalue weighted by atomic mass is 10.2. The molecule has 0 spiro atoms. The van der Waals surface area contributed by atoms with E-state index < -0.39 is 0 Å². The number of benzene rings is 3. The van der Waals surface area contributed by atoms with Crippen molar-refractivity contribution in [2.45, 2.75) is 0 Å².